The van der Waals surface area contributed by atoms with Gasteiger partial charge in [-0.2, -0.15) is 22.0 Å². The number of halogens is 5. The van der Waals surface area contributed by atoms with Crippen LogP contribution in [0.4, 0.5) is 22.0 Å². The molecule has 6 nitrogen and oxygen atoms in total. The van der Waals surface area contributed by atoms with Crippen LogP contribution in [-0.4, -0.2) is 54.7 Å². The third kappa shape index (κ3) is 3.61. The van der Waals surface area contributed by atoms with Gasteiger partial charge in [0.25, 0.3) is 0 Å². The first kappa shape index (κ1) is 22.1. The molecule has 2 spiro atoms. The summed E-state index contributed by atoms with van der Waals surface area (Å²) in [6, 6.07) is 4.62. The van der Waals surface area contributed by atoms with Gasteiger partial charge in [0.2, 0.25) is 0 Å². The number of nitrogens with two attached hydrogens (primary N) is 1. The lowest BCUT2D eigenvalue weighted by molar-refractivity contribution is -0.181. The molecule has 11 heteroatoms. The van der Waals surface area contributed by atoms with E-state index in [9.17, 15) is 27.1 Å². The lowest BCUT2D eigenvalue weighted by Gasteiger charge is -2.48. The molecule has 3 aliphatic rings. The molecule has 1 heterocycles. The van der Waals surface area contributed by atoms with E-state index < -0.39 is 42.7 Å². The highest BCUT2D eigenvalue weighted by atomic mass is 19.4. The number of ether oxygens (including phenoxy) is 2. The molecule has 2 aliphatic carbocycles. The molecule has 2 atom stereocenters. The number of guanidine groups is 1. The maximum Gasteiger partial charge on any atom is 0.422 e. The minimum Gasteiger partial charge on any atom is -0.484 e. The van der Waals surface area contributed by atoms with Gasteiger partial charge in [-0.1, -0.05) is 6.07 Å². The summed E-state index contributed by atoms with van der Waals surface area (Å²) in [7, 11) is 1.58. The first-order valence-electron chi connectivity index (χ1n) is 10.0. The van der Waals surface area contributed by atoms with Crippen molar-refractivity contribution >= 4 is 5.96 Å². The Morgan fingerprint density at radius 1 is 1.29 bits per heavy atom. The van der Waals surface area contributed by atoms with Crippen LogP contribution >= 0.6 is 0 Å². The van der Waals surface area contributed by atoms with Gasteiger partial charge in [0, 0.05) is 12.5 Å². The fraction of sp³-hybridized carbons (Fsp3) is 0.650. The normalized spacial score (nSPS) is 32.8. The molecule has 1 saturated carbocycles. The van der Waals surface area contributed by atoms with E-state index in [1.807, 2.05) is 0 Å². The Labute approximate surface area is 175 Å². The minimum atomic E-state index is -4.49. The van der Waals surface area contributed by atoms with Crippen LogP contribution in [0.15, 0.2) is 23.2 Å². The van der Waals surface area contributed by atoms with E-state index in [0.717, 1.165) is 5.56 Å². The van der Waals surface area contributed by atoms with Gasteiger partial charge < -0.3 is 25.2 Å². The summed E-state index contributed by atoms with van der Waals surface area (Å²) >= 11 is 0. The van der Waals surface area contributed by atoms with Crippen molar-refractivity contribution < 1.29 is 36.5 Å². The lowest BCUT2D eigenvalue weighted by Crippen LogP contribution is -2.54. The predicted molar refractivity (Wildman–Crippen MR) is 101 cm³/mol. The summed E-state index contributed by atoms with van der Waals surface area (Å²) in [6.45, 7) is -4.30. The Hall–Kier alpha value is -2.14. The number of fused-ring (bicyclic) bond motifs is 3. The van der Waals surface area contributed by atoms with E-state index in [1.165, 1.54) is 17.0 Å². The summed E-state index contributed by atoms with van der Waals surface area (Å²) in [5, 5.41) is 11.2. The van der Waals surface area contributed by atoms with Crippen molar-refractivity contribution in [3.8, 4) is 5.75 Å². The fourth-order valence-electron chi connectivity index (χ4n) is 5.40. The predicted octanol–water partition coefficient (Wildman–Crippen LogP) is 3.13. The Balaban J connectivity index is 1.71. The topological polar surface area (TPSA) is 80.3 Å². The monoisotopic (exact) mass is 449 g/mol. The van der Waals surface area contributed by atoms with Crippen molar-refractivity contribution in [3.63, 3.8) is 0 Å². The zero-order valence-electron chi connectivity index (χ0n) is 16.8. The quantitative estimate of drug-likeness (QED) is 0.691. The molecule has 31 heavy (non-hydrogen) atoms. The number of hydrogen-bond acceptors (Lipinski definition) is 6. The van der Waals surface area contributed by atoms with Crippen LogP contribution in [-0.2, 0) is 16.7 Å². The Bertz CT molecular complexity index is 870. The molecule has 0 saturated heterocycles. The highest BCUT2D eigenvalue weighted by molar-refractivity contribution is 5.82. The molecule has 1 fully saturated rings. The third-order valence-corrected chi connectivity index (χ3v) is 6.81. The van der Waals surface area contributed by atoms with Gasteiger partial charge in [0.1, 0.15) is 11.3 Å². The SMILES string of the molecule is CN1C(N)=NC2(c3cc(OCC(F)(F)F)ccc3CC23CCC(OC(F)F)CC3)C1O. The number of nitrogens with zero attached hydrogens (tertiary/aromatic N) is 2. The Morgan fingerprint density at radius 3 is 2.52 bits per heavy atom. The number of likely N-dealkylation sites (N-methyl/N-ethyl adjacent to an activating group) is 1. The highest BCUT2D eigenvalue weighted by Gasteiger charge is 2.65. The maximum atomic E-state index is 12.7. The van der Waals surface area contributed by atoms with Crippen molar-refractivity contribution in [1.29, 1.82) is 0 Å². The van der Waals surface area contributed by atoms with Gasteiger partial charge in [-0.15, -0.1) is 0 Å². The molecule has 4 rings (SSSR count). The van der Waals surface area contributed by atoms with E-state index in [2.05, 4.69) is 9.73 Å². The van der Waals surface area contributed by atoms with Crippen LogP contribution in [0.3, 0.4) is 0 Å². The summed E-state index contributed by atoms with van der Waals surface area (Å²) in [4.78, 5) is 6.06. The van der Waals surface area contributed by atoms with E-state index in [1.54, 1.807) is 13.1 Å². The van der Waals surface area contributed by atoms with Gasteiger partial charge in [0.15, 0.2) is 18.8 Å². The minimum absolute atomic E-state index is 0.0118. The lowest BCUT2D eigenvalue weighted by atomic mass is 9.61. The first-order valence-corrected chi connectivity index (χ1v) is 10.0. The van der Waals surface area contributed by atoms with Crippen molar-refractivity contribution in [2.75, 3.05) is 13.7 Å². The van der Waals surface area contributed by atoms with Crippen molar-refractivity contribution in [2.24, 2.45) is 16.1 Å². The van der Waals surface area contributed by atoms with Crippen molar-refractivity contribution in [2.45, 2.75) is 62.8 Å². The van der Waals surface area contributed by atoms with Gasteiger partial charge >= 0.3 is 12.8 Å². The van der Waals surface area contributed by atoms with Gasteiger partial charge in [0.05, 0.1) is 6.10 Å². The summed E-state index contributed by atoms with van der Waals surface area (Å²) in [5.74, 6) is 0.116. The van der Waals surface area contributed by atoms with Crippen LogP contribution in [0.2, 0.25) is 0 Å². The van der Waals surface area contributed by atoms with Gasteiger partial charge in [-0.05, 0) is 55.4 Å². The third-order valence-electron chi connectivity index (χ3n) is 6.81. The molecule has 2 unspecified atom stereocenters. The second-order valence-corrected chi connectivity index (χ2v) is 8.50. The average Bonchev–Trinajstić information content (AvgIpc) is 3.08. The second-order valence-electron chi connectivity index (χ2n) is 8.50. The number of rotatable bonds is 4. The van der Waals surface area contributed by atoms with Gasteiger partial charge in [-0.25, -0.2) is 4.99 Å². The molecule has 3 N–H and O–H groups in total. The fourth-order valence-corrected chi connectivity index (χ4v) is 5.40. The number of alkyl halides is 5. The van der Waals surface area contributed by atoms with Crippen molar-refractivity contribution in [1.82, 2.24) is 4.90 Å². The zero-order chi connectivity index (χ0) is 22.6. The van der Waals surface area contributed by atoms with Crippen LogP contribution < -0.4 is 10.5 Å². The standard InChI is InChI=1S/C20H24F5N3O3/c1-28-15(29)20(27-17(28)26)14-8-13(30-10-19(23,24)25)3-2-11(14)9-18(20)6-4-12(5-7-18)31-16(21)22/h2-3,8,12,15-16,29H,4-7,9-10H2,1H3,(H2,26,27). The first-order chi connectivity index (χ1) is 14.5. The summed E-state index contributed by atoms with van der Waals surface area (Å²) in [5.41, 5.74) is 5.55. The molecule has 1 aromatic rings. The molecular weight excluding hydrogens is 425 g/mol. The van der Waals surface area contributed by atoms with Gasteiger partial charge in [-0.3, -0.25) is 0 Å². The summed E-state index contributed by atoms with van der Waals surface area (Å²) < 4.78 is 72.8. The zero-order valence-corrected chi connectivity index (χ0v) is 16.8. The molecule has 1 aliphatic heterocycles. The molecule has 0 radical (unpaired) electrons. The molecule has 172 valence electrons. The Morgan fingerprint density at radius 2 is 1.97 bits per heavy atom. The summed E-state index contributed by atoms with van der Waals surface area (Å²) in [6.07, 6.45) is -4.17. The second kappa shape index (κ2) is 7.47. The van der Waals surface area contributed by atoms with E-state index >= 15 is 0 Å². The van der Waals surface area contributed by atoms with E-state index in [-0.39, 0.29) is 11.7 Å². The van der Waals surface area contributed by atoms with E-state index in [0.29, 0.717) is 37.7 Å². The number of benzene rings is 1. The molecule has 1 aromatic carbocycles. The highest BCUT2D eigenvalue weighted by Crippen LogP contribution is 2.63. The van der Waals surface area contributed by atoms with Crippen LogP contribution in [0.1, 0.15) is 36.8 Å². The number of aliphatic hydroxyl groups excluding tert-OH is 1. The molecule has 0 bridgehead atoms. The number of aliphatic imine (C=N–C) groups is 1. The smallest absolute Gasteiger partial charge is 0.422 e. The Kier molecular flexibility index (Phi) is 5.32. The van der Waals surface area contributed by atoms with E-state index in [4.69, 9.17) is 10.5 Å². The van der Waals surface area contributed by atoms with Crippen molar-refractivity contribution in [3.05, 3.63) is 29.3 Å². The molecular formula is C20H24F5N3O3. The van der Waals surface area contributed by atoms with Crippen LogP contribution in [0, 0.1) is 5.41 Å². The number of hydrogen-bond donors (Lipinski definition) is 2. The number of aliphatic hydroxyl groups is 1. The maximum absolute atomic E-state index is 12.7. The average molecular weight is 449 g/mol. The molecule has 0 aromatic heterocycles. The largest absolute Gasteiger partial charge is 0.484 e. The molecule has 0 amide bonds. The van der Waals surface area contributed by atoms with Crippen LogP contribution in [0.25, 0.3) is 0 Å². The van der Waals surface area contributed by atoms with Crippen LogP contribution in [0.5, 0.6) is 5.75 Å².